The van der Waals surface area contributed by atoms with Crippen LogP contribution in [0.5, 0.6) is 0 Å². The van der Waals surface area contributed by atoms with Crippen molar-refractivity contribution in [2.45, 2.75) is 12.5 Å². The highest BCUT2D eigenvalue weighted by atomic mass is 16.2. The summed E-state index contributed by atoms with van der Waals surface area (Å²) in [6, 6.07) is 18.0. The molecule has 2 aliphatic heterocycles. The molecular weight excluding hydrogens is 374 g/mol. The van der Waals surface area contributed by atoms with Crippen LogP contribution in [0.25, 0.3) is 11.0 Å². The predicted molar refractivity (Wildman–Crippen MR) is 117 cm³/mol. The van der Waals surface area contributed by atoms with Gasteiger partial charge < -0.3 is 15.5 Å². The Kier molecular flexibility index (Phi) is 5.19. The summed E-state index contributed by atoms with van der Waals surface area (Å²) >= 11 is 0. The van der Waals surface area contributed by atoms with Gasteiger partial charge in [-0.15, -0.1) is 0 Å². The number of nitrogens with two attached hydrogens (primary N) is 1. The van der Waals surface area contributed by atoms with Gasteiger partial charge in [0.05, 0.1) is 17.2 Å². The molecule has 0 spiro atoms. The number of rotatable bonds is 5. The van der Waals surface area contributed by atoms with Crippen LogP contribution in [-0.4, -0.2) is 58.4 Å². The maximum atomic E-state index is 13.0. The lowest BCUT2D eigenvalue weighted by molar-refractivity contribution is 0.0768. The Hall–Kier alpha value is -2.83. The predicted octanol–water partition coefficient (Wildman–Crippen LogP) is 2.72. The maximum Gasteiger partial charge on any atom is 0.274 e. The summed E-state index contributed by atoms with van der Waals surface area (Å²) in [5.74, 6) is 1.07. The van der Waals surface area contributed by atoms with Crippen molar-refractivity contribution in [1.82, 2.24) is 19.8 Å². The average Bonchev–Trinajstić information content (AvgIpc) is 3.36. The number of hydrogen-bond donors (Lipinski definition) is 1. The van der Waals surface area contributed by atoms with Crippen molar-refractivity contribution >= 4 is 16.9 Å². The molecule has 5 rings (SSSR count). The van der Waals surface area contributed by atoms with E-state index in [2.05, 4.69) is 27.0 Å². The molecule has 3 atom stereocenters. The van der Waals surface area contributed by atoms with Crippen LogP contribution in [0.15, 0.2) is 60.8 Å². The Bertz CT molecular complexity index is 1030. The van der Waals surface area contributed by atoms with Crippen LogP contribution in [0.2, 0.25) is 0 Å². The van der Waals surface area contributed by atoms with E-state index in [4.69, 9.17) is 5.73 Å². The van der Waals surface area contributed by atoms with Crippen molar-refractivity contribution < 1.29 is 4.79 Å². The minimum absolute atomic E-state index is 0.000280. The van der Waals surface area contributed by atoms with E-state index in [1.54, 1.807) is 6.20 Å². The quantitative estimate of drug-likeness (QED) is 0.711. The second-order valence-corrected chi connectivity index (χ2v) is 8.54. The zero-order valence-electron chi connectivity index (χ0n) is 17.0. The zero-order valence-corrected chi connectivity index (χ0v) is 17.0. The number of hydrogen-bond acceptors (Lipinski definition) is 5. The fourth-order valence-electron chi connectivity index (χ4n) is 4.85. The Labute approximate surface area is 176 Å². The summed E-state index contributed by atoms with van der Waals surface area (Å²) in [6.07, 6.45) is 2.56. The van der Waals surface area contributed by atoms with Crippen LogP contribution < -0.4 is 5.73 Å². The molecule has 154 valence electrons. The molecule has 2 aromatic carbocycles. The first-order valence-corrected chi connectivity index (χ1v) is 10.7. The lowest BCUT2D eigenvalue weighted by atomic mass is 10.0. The Morgan fingerprint density at radius 3 is 2.37 bits per heavy atom. The fraction of sp³-hybridized carbons (Fsp3) is 0.375. The highest BCUT2D eigenvalue weighted by Gasteiger charge is 2.41. The summed E-state index contributed by atoms with van der Waals surface area (Å²) in [5.41, 5.74) is 9.59. The summed E-state index contributed by atoms with van der Waals surface area (Å²) < 4.78 is 0. The highest BCUT2D eigenvalue weighted by molar-refractivity contribution is 5.94. The third-order valence-corrected chi connectivity index (χ3v) is 6.50. The van der Waals surface area contributed by atoms with Crippen molar-refractivity contribution in [1.29, 1.82) is 0 Å². The minimum atomic E-state index is 0.000280. The van der Waals surface area contributed by atoms with Gasteiger partial charge in [-0.1, -0.05) is 42.5 Å². The number of aromatic nitrogens is 2. The molecule has 2 unspecified atom stereocenters. The molecule has 6 heteroatoms. The first-order chi connectivity index (χ1) is 14.7. The molecule has 3 aromatic rings. The van der Waals surface area contributed by atoms with Crippen LogP contribution >= 0.6 is 0 Å². The molecule has 2 N–H and O–H groups in total. The standard InChI is InChI=1S/C24H27N5O/c25-20(17-6-2-1-3-7-17)10-11-28-13-18-15-29(16-19(18)14-28)24(30)23-12-26-21-8-4-5-9-22(21)27-23/h1-9,12,18-20H,10-11,13-16,25H2/t18?,19?,20-/m0/s1. The van der Waals surface area contributed by atoms with Gasteiger partial charge in [0.1, 0.15) is 5.69 Å². The van der Waals surface area contributed by atoms with Gasteiger partial charge in [-0.2, -0.15) is 0 Å². The smallest absolute Gasteiger partial charge is 0.274 e. The number of carbonyl (C=O) groups excluding carboxylic acids is 1. The lowest BCUT2D eigenvalue weighted by Gasteiger charge is -2.22. The van der Waals surface area contributed by atoms with Crippen molar-refractivity contribution in [3.8, 4) is 0 Å². The van der Waals surface area contributed by atoms with Gasteiger partial charge in [0.15, 0.2) is 0 Å². The molecule has 6 nitrogen and oxygen atoms in total. The molecule has 0 bridgehead atoms. The SMILES string of the molecule is N[C@@H](CCN1CC2CN(C(=O)c3cnc4ccccc4n3)CC2C1)c1ccccc1. The van der Waals surface area contributed by atoms with Crippen LogP contribution in [-0.2, 0) is 0 Å². The van der Waals surface area contributed by atoms with E-state index in [1.807, 2.05) is 47.4 Å². The summed E-state index contributed by atoms with van der Waals surface area (Å²) in [7, 11) is 0. The van der Waals surface area contributed by atoms with Gasteiger partial charge in [0.2, 0.25) is 0 Å². The van der Waals surface area contributed by atoms with Crippen LogP contribution in [0.4, 0.5) is 0 Å². The van der Waals surface area contributed by atoms with Crippen molar-refractivity contribution in [3.63, 3.8) is 0 Å². The summed E-state index contributed by atoms with van der Waals surface area (Å²) in [6.45, 7) is 4.70. The molecule has 1 amide bonds. The molecule has 0 saturated carbocycles. The number of benzene rings is 2. The normalized spacial score (nSPS) is 22.4. The first kappa shape index (κ1) is 19.2. The third-order valence-electron chi connectivity index (χ3n) is 6.50. The maximum absolute atomic E-state index is 13.0. The van der Waals surface area contributed by atoms with E-state index in [0.29, 0.717) is 17.5 Å². The monoisotopic (exact) mass is 401 g/mol. The van der Waals surface area contributed by atoms with E-state index in [0.717, 1.165) is 50.2 Å². The number of fused-ring (bicyclic) bond motifs is 2. The molecular formula is C24H27N5O. The summed E-state index contributed by atoms with van der Waals surface area (Å²) in [5, 5.41) is 0. The van der Waals surface area contributed by atoms with Gasteiger partial charge in [0, 0.05) is 32.2 Å². The lowest BCUT2D eigenvalue weighted by Crippen LogP contribution is -2.34. The minimum Gasteiger partial charge on any atom is -0.337 e. The first-order valence-electron chi connectivity index (χ1n) is 10.7. The Morgan fingerprint density at radius 1 is 0.967 bits per heavy atom. The van der Waals surface area contributed by atoms with Crippen molar-refractivity contribution in [2.75, 3.05) is 32.7 Å². The van der Waals surface area contributed by atoms with Crippen molar-refractivity contribution in [2.24, 2.45) is 17.6 Å². The molecule has 30 heavy (non-hydrogen) atoms. The summed E-state index contributed by atoms with van der Waals surface area (Å²) in [4.78, 5) is 26.4. The number of likely N-dealkylation sites (tertiary alicyclic amines) is 2. The van der Waals surface area contributed by atoms with Gasteiger partial charge >= 0.3 is 0 Å². The largest absolute Gasteiger partial charge is 0.337 e. The molecule has 2 saturated heterocycles. The molecule has 3 heterocycles. The highest BCUT2D eigenvalue weighted by Crippen LogP contribution is 2.32. The van der Waals surface area contributed by atoms with Crippen LogP contribution in [0.1, 0.15) is 28.5 Å². The topological polar surface area (TPSA) is 75.3 Å². The molecule has 1 aromatic heterocycles. The van der Waals surface area contributed by atoms with Gasteiger partial charge in [-0.25, -0.2) is 4.98 Å². The number of amides is 1. The number of nitrogens with zero attached hydrogens (tertiary/aromatic N) is 4. The molecule has 2 fully saturated rings. The third kappa shape index (κ3) is 3.80. The average molecular weight is 402 g/mol. The van der Waals surface area contributed by atoms with E-state index >= 15 is 0 Å². The van der Waals surface area contributed by atoms with E-state index in [9.17, 15) is 4.79 Å². The number of carbonyl (C=O) groups is 1. The van der Waals surface area contributed by atoms with E-state index in [-0.39, 0.29) is 11.9 Å². The second-order valence-electron chi connectivity index (χ2n) is 8.54. The van der Waals surface area contributed by atoms with E-state index < -0.39 is 0 Å². The molecule has 0 aliphatic carbocycles. The van der Waals surface area contributed by atoms with Crippen LogP contribution in [0.3, 0.4) is 0 Å². The molecule has 2 aliphatic rings. The Morgan fingerprint density at radius 2 is 1.63 bits per heavy atom. The van der Waals surface area contributed by atoms with Gasteiger partial charge in [0.25, 0.3) is 5.91 Å². The van der Waals surface area contributed by atoms with Gasteiger partial charge in [-0.3, -0.25) is 9.78 Å². The number of para-hydroxylation sites is 2. The van der Waals surface area contributed by atoms with Crippen LogP contribution in [0, 0.1) is 11.8 Å². The second kappa shape index (κ2) is 8.13. The van der Waals surface area contributed by atoms with Gasteiger partial charge in [-0.05, 0) is 42.5 Å². The Balaban J connectivity index is 1.16. The van der Waals surface area contributed by atoms with Crippen molar-refractivity contribution in [3.05, 3.63) is 72.1 Å². The zero-order chi connectivity index (χ0) is 20.5. The fourth-order valence-corrected chi connectivity index (χ4v) is 4.85. The molecule has 0 radical (unpaired) electrons. The van der Waals surface area contributed by atoms with E-state index in [1.165, 1.54) is 5.56 Å².